The molecule has 2 N–H and O–H groups in total. The van der Waals surface area contributed by atoms with Crippen LogP contribution in [-0.4, -0.2) is 41.0 Å². The molecule has 1 aliphatic rings. The van der Waals surface area contributed by atoms with Crippen LogP contribution < -0.4 is 11.2 Å². The van der Waals surface area contributed by atoms with Crippen LogP contribution in [0.15, 0.2) is 9.59 Å². The molecule has 0 radical (unpaired) electrons. The second kappa shape index (κ2) is 7.48. The molecular weight excluding hydrogens is 419 g/mol. The SMILES string of the molecule is CCn1c(=O)c2c(C)c(CN3CCCS3(O)O)sc2n(CCC(F)(F)F)c1=O. The molecule has 0 amide bonds. The summed E-state index contributed by atoms with van der Waals surface area (Å²) in [5.41, 5.74) is -0.726. The van der Waals surface area contributed by atoms with Crippen molar-refractivity contribution in [3.63, 3.8) is 0 Å². The van der Waals surface area contributed by atoms with Gasteiger partial charge in [0.2, 0.25) is 0 Å². The Morgan fingerprint density at radius 3 is 2.43 bits per heavy atom. The van der Waals surface area contributed by atoms with E-state index in [1.165, 1.54) is 4.31 Å². The third-order valence-electron chi connectivity index (χ3n) is 4.89. The number of hydrogen-bond donors (Lipinski definition) is 2. The van der Waals surface area contributed by atoms with Gasteiger partial charge in [-0.05, 0) is 25.8 Å². The number of thiophene rings is 1. The summed E-state index contributed by atoms with van der Waals surface area (Å²) in [6, 6.07) is 0. The Balaban J connectivity index is 2.14. The van der Waals surface area contributed by atoms with Gasteiger partial charge in [0.25, 0.3) is 5.56 Å². The number of nitrogens with zero attached hydrogens (tertiary/aromatic N) is 3. The van der Waals surface area contributed by atoms with Crippen LogP contribution in [0.5, 0.6) is 0 Å². The summed E-state index contributed by atoms with van der Waals surface area (Å²) in [6.07, 6.45) is -4.98. The molecule has 7 nitrogen and oxygen atoms in total. The maximum Gasteiger partial charge on any atom is 0.390 e. The maximum absolute atomic E-state index is 12.8. The number of hydrogen-bond acceptors (Lipinski definition) is 6. The molecule has 1 aliphatic heterocycles. The van der Waals surface area contributed by atoms with E-state index >= 15 is 0 Å². The number of rotatable bonds is 5. The lowest BCUT2D eigenvalue weighted by atomic mass is 10.2. The third kappa shape index (κ3) is 3.88. The Hall–Kier alpha value is -1.34. The summed E-state index contributed by atoms with van der Waals surface area (Å²) in [7, 11) is -2.87. The van der Waals surface area contributed by atoms with Crippen LogP contribution in [0.25, 0.3) is 10.2 Å². The first-order chi connectivity index (χ1) is 13.0. The van der Waals surface area contributed by atoms with E-state index in [9.17, 15) is 31.9 Å². The molecule has 0 saturated carbocycles. The highest BCUT2D eigenvalue weighted by Crippen LogP contribution is 2.50. The van der Waals surface area contributed by atoms with E-state index in [-0.39, 0.29) is 29.1 Å². The van der Waals surface area contributed by atoms with E-state index in [0.29, 0.717) is 23.4 Å². The molecule has 12 heteroatoms. The molecule has 3 heterocycles. The number of fused-ring (bicyclic) bond motifs is 1. The monoisotopic (exact) mass is 441 g/mol. The summed E-state index contributed by atoms with van der Waals surface area (Å²) in [4.78, 5) is 26.2. The minimum atomic E-state index is -4.43. The van der Waals surface area contributed by atoms with Crippen molar-refractivity contribution in [1.82, 2.24) is 13.4 Å². The normalized spacial score (nSPS) is 18.8. The topological polar surface area (TPSA) is 87.7 Å². The zero-order chi connectivity index (χ0) is 20.9. The van der Waals surface area contributed by atoms with Crippen molar-refractivity contribution in [2.75, 3.05) is 12.3 Å². The highest BCUT2D eigenvalue weighted by atomic mass is 32.3. The Morgan fingerprint density at radius 1 is 1.21 bits per heavy atom. The standard InChI is InChI=1S/C16H22F3N3O4S2/c1-3-21-13(23)12-10(2)11(9-20-6-4-8-28(20,25)26)27-14(12)22(15(21)24)7-5-16(17,18)19/h25-26H,3-9H2,1-2H3. The molecule has 1 saturated heterocycles. The highest BCUT2D eigenvalue weighted by molar-refractivity contribution is 8.22. The molecular formula is C16H22F3N3O4S2. The number of halogens is 3. The first-order valence-electron chi connectivity index (χ1n) is 8.79. The van der Waals surface area contributed by atoms with Crippen LogP contribution in [0.3, 0.4) is 0 Å². The van der Waals surface area contributed by atoms with E-state index in [2.05, 4.69) is 0 Å². The van der Waals surface area contributed by atoms with Gasteiger partial charge < -0.3 is 0 Å². The van der Waals surface area contributed by atoms with Gasteiger partial charge in [-0.3, -0.25) is 23.0 Å². The molecule has 0 aliphatic carbocycles. The van der Waals surface area contributed by atoms with Crippen LogP contribution >= 0.6 is 22.1 Å². The van der Waals surface area contributed by atoms with E-state index in [1.807, 2.05) is 0 Å². The Morgan fingerprint density at radius 2 is 1.89 bits per heavy atom. The van der Waals surface area contributed by atoms with Crippen molar-refractivity contribution in [2.24, 2.45) is 0 Å². The summed E-state index contributed by atoms with van der Waals surface area (Å²) in [5, 5.41) is 0.222. The van der Waals surface area contributed by atoms with Gasteiger partial charge in [0.15, 0.2) is 0 Å². The van der Waals surface area contributed by atoms with Crippen molar-refractivity contribution in [3.8, 4) is 0 Å². The number of alkyl halides is 3. The van der Waals surface area contributed by atoms with Crippen molar-refractivity contribution in [2.45, 2.75) is 52.5 Å². The summed E-state index contributed by atoms with van der Waals surface area (Å²) >= 11 is 1.07. The molecule has 0 spiro atoms. The fourth-order valence-electron chi connectivity index (χ4n) is 3.36. The quantitative estimate of drug-likeness (QED) is 0.743. The van der Waals surface area contributed by atoms with E-state index < -0.39 is 41.2 Å². The highest BCUT2D eigenvalue weighted by Gasteiger charge is 2.31. The lowest BCUT2D eigenvalue weighted by Crippen LogP contribution is -2.39. The summed E-state index contributed by atoms with van der Waals surface area (Å²) in [6.45, 7) is 3.40. The van der Waals surface area contributed by atoms with E-state index in [4.69, 9.17) is 0 Å². The smallest absolute Gasteiger partial charge is 0.285 e. The van der Waals surface area contributed by atoms with Crippen molar-refractivity contribution in [3.05, 3.63) is 31.3 Å². The van der Waals surface area contributed by atoms with Crippen molar-refractivity contribution < 1.29 is 22.3 Å². The van der Waals surface area contributed by atoms with E-state index in [1.54, 1.807) is 13.8 Å². The fraction of sp³-hybridized carbons (Fsp3) is 0.625. The van der Waals surface area contributed by atoms with Gasteiger partial charge in [-0.2, -0.15) is 13.2 Å². The molecule has 1 fully saturated rings. The second-order valence-electron chi connectivity index (χ2n) is 6.73. The predicted molar refractivity (Wildman–Crippen MR) is 104 cm³/mol. The number of aromatic nitrogens is 2. The summed E-state index contributed by atoms with van der Waals surface area (Å²) < 4.78 is 61.9. The first-order valence-corrected chi connectivity index (χ1v) is 11.3. The Kier molecular flexibility index (Phi) is 5.71. The average Bonchev–Trinajstić information content (AvgIpc) is 3.07. The van der Waals surface area contributed by atoms with Gasteiger partial charge in [-0.1, -0.05) is 0 Å². The molecule has 28 heavy (non-hydrogen) atoms. The predicted octanol–water partition coefficient (Wildman–Crippen LogP) is 3.38. The van der Waals surface area contributed by atoms with Crippen LogP contribution in [0.1, 0.15) is 30.2 Å². The maximum atomic E-state index is 12.8. The third-order valence-corrected chi connectivity index (χ3v) is 8.16. The largest absolute Gasteiger partial charge is 0.390 e. The fourth-order valence-corrected chi connectivity index (χ4v) is 6.30. The molecule has 2 aromatic rings. The van der Waals surface area contributed by atoms with Gasteiger partial charge in [-0.25, -0.2) is 9.10 Å². The Labute approximate surface area is 164 Å². The number of aryl methyl sites for hydroxylation is 2. The zero-order valence-electron chi connectivity index (χ0n) is 15.5. The molecule has 0 aromatic carbocycles. The van der Waals surface area contributed by atoms with Gasteiger partial charge >= 0.3 is 11.9 Å². The molecule has 0 unspecified atom stereocenters. The molecule has 158 valence electrons. The van der Waals surface area contributed by atoms with Crippen LogP contribution in [0, 0.1) is 6.92 Å². The lowest BCUT2D eigenvalue weighted by molar-refractivity contribution is -0.136. The van der Waals surface area contributed by atoms with Crippen LogP contribution in [0.2, 0.25) is 0 Å². The summed E-state index contributed by atoms with van der Waals surface area (Å²) in [5.74, 6) is 0.274. The van der Waals surface area contributed by atoms with Crippen LogP contribution in [-0.2, 0) is 19.6 Å². The lowest BCUT2D eigenvalue weighted by Gasteiger charge is -2.36. The van der Waals surface area contributed by atoms with Gasteiger partial charge in [0.05, 0.1) is 24.1 Å². The Bertz CT molecular complexity index is 1010. The van der Waals surface area contributed by atoms with E-state index in [0.717, 1.165) is 20.5 Å². The molecule has 0 atom stereocenters. The molecule has 2 aromatic heterocycles. The molecule has 3 rings (SSSR count). The van der Waals surface area contributed by atoms with Crippen molar-refractivity contribution in [1.29, 1.82) is 0 Å². The van der Waals surface area contributed by atoms with Gasteiger partial charge in [0, 0.05) is 24.5 Å². The minimum Gasteiger partial charge on any atom is -0.285 e. The second-order valence-corrected chi connectivity index (χ2v) is 10.0. The minimum absolute atomic E-state index is 0.0525. The van der Waals surface area contributed by atoms with Gasteiger partial charge in [-0.15, -0.1) is 22.1 Å². The average molecular weight is 441 g/mol. The van der Waals surface area contributed by atoms with Gasteiger partial charge in [0.1, 0.15) is 4.83 Å². The first kappa shape index (κ1) is 21.4. The zero-order valence-corrected chi connectivity index (χ0v) is 17.1. The van der Waals surface area contributed by atoms with Crippen LogP contribution in [0.4, 0.5) is 13.2 Å². The van der Waals surface area contributed by atoms with Crippen molar-refractivity contribution >= 4 is 32.3 Å². The molecule has 0 bridgehead atoms.